The van der Waals surface area contributed by atoms with Gasteiger partial charge < -0.3 is 24.6 Å². The lowest BCUT2D eigenvalue weighted by Gasteiger charge is -2.25. The molecule has 1 saturated heterocycles. The van der Waals surface area contributed by atoms with E-state index in [-0.39, 0.29) is 36.3 Å². The zero-order chi connectivity index (χ0) is 21.4. The first kappa shape index (κ1) is 20.0. The van der Waals surface area contributed by atoms with Crippen molar-refractivity contribution >= 4 is 17.4 Å². The number of nitrogens with zero attached hydrogens (tertiary/aromatic N) is 1. The summed E-state index contributed by atoms with van der Waals surface area (Å²) >= 11 is 0. The van der Waals surface area contributed by atoms with Gasteiger partial charge in [0.1, 0.15) is 23.4 Å². The molecule has 2 aliphatic rings. The molecule has 0 radical (unpaired) electrons. The van der Waals surface area contributed by atoms with E-state index in [0.29, 0.717) is 17.5 Å². The summed E-state index contributed by atoms with van der Waals surface area (Å²) in [6.07, 6.45) is 0.749. The number of hydrogen-bond acceptors (Lipinski definition) is 6. The number of benzene rings is 2. The van der Waals surface area contributed by atoms with Crippen molar-refractivity contribution in [2.45, 2.75) is 25.5 Å². The maximum absolute atomic E-state index is 12.9. The van der Waals surface area contributed by atoms with Crippen LogP contribution in [0.25, 0.3) is 5.76 Å². The largest absolute Gasteiger partial charge is 0.508 e. The number of hydrogen-bond donors (Lipinski definition) is 2. The van der Waals surface area contributed by atoms with Crippen molar-refractivity contribution in [2.75, 3.05) is 20.3 Å². The second kappa shape index (κ2) is 7.84. The van der Waals surface area contributed by atoms with Gasteiger partial charge in [-0.05, 0) is 48.4 Å². The fourth-order valence-electron chi connectivity index (χ4n) is 4.07. The van der Waals surface area contributed by atoms with Gasteiger partial charge in [-0.2, -0.15) is 0 Å². The number of carbonyl (C=O) groups is 2. The lowest BCUT2D eigenvalue weighted by atomic mass is 9.94. The summed E-state index contributed by atoms with van der Waals surface area (Å²) in [6, 6.07) is 10.7. The molecule has 2 N–H and O–H groups in total. The van der Waals surface area contributed by atoms with Crippen LogP contribution < -0.4 is 4.74 Å². The first-order valence-corrected chi connectivity index (χ1v) is 9.77. The summed E-state index contributed by atoms with van der Waals surface area (Å²) in [4.78, 5) is 27.0. The minimum Gasteiger partial charge on any atom is -0.508 e. The van der Waals surface area contributed by atoms with Gasteiger partial charge in [-0.15, -0.1) is 0 Å². The fraction of sp³-hybridized carbons (Fsp3) is 0.304. The molecule has 0 bridgehead atoms. The van der Waals surface area contributed by atoms with Crippen molar-refractivity contribution in [3.63, 3.8) is 0 Å². The number of aromatic hydroxyl groups is 1. The van der Waals surface area contributed by atoms with E-state index in [9.17, 15) is 19.8 Å². The highest BCUT2D eigenvalue weighted by Gasteiger charge is 2.46. The number of amides is 1. The van der Waals surface area contributed by atoms with Crippen molar-refractivity contribution in [1.29, 1.82) is 0 Å². The van der Waals surface area contributed by atoms with Gasteiger partial charge >= 0.3 is 0 Å². The number of methoxy groups -OCH3 is 1. The first-order chi connectivity index (χ1) is 14.4. The Morgan fingerprint density at radius 2 is 2.03 bits per heavy atom. The Bertz CT molecular complexity index is 1040. The molecule has 2 atom stereocenters. The number of aliphatic hydroxyl groups excluding tert-OH is 1. The van der Waals surface area contributed by atoms with E-state index < -0.39 is 17.7 Å². The van der Waals surface area contributed by atoms with Crippen LogP contribution in [0.5, 0.6) is 11.5 Å². The van der Waals surface area contributed by atoms with Crippen LogP contribution in [-0.2, 0) is 20.7 Å². The van der Waals surface area contributed by atoms with Crippen LogP contribution >= 0.6 is 0 Å². The van der Waals surface area contributed by atoms with Crippen LogP contribution in [0.15, 0.2) is 48.0 Å². The average Bonchev–Trinajstić information content (AvgIpc) is 3.22. The van der Waals surface area contributed by atoms with Crippen molar-refractivity contribution in [1.82, 2.24) is 4.90 Å². The summed E-state index contributed by atoms with van der Waals surface area (Å²) in [6.45, 7) is 2.37. The van der Waals surface area contributed by atoms with E-state index in [0.717, 1.165) is 11.3 Å². The molecule has 7 nitrogen and oxygen atoms in total. The monoisotopic (exact) mass is 409 g/mol. The number of phenolic OH excluding ortho intramolecular Hbond substituents is 1. The molecule has 1 amide bonds. The van der Waals surface area contributed by atoms with Crippen molar-refractivity contribution in [3.8, 4) is 11.5 Å². The third kappa shape index (κ3) is 3.41. The lowest BCUT2D eigenvalue weighted by molar-refractivity contribution is -0.140. The topological polar surface area (TPSA) is 96.3 Å². The van der Waals surface area contributed by atoms with Gasteiger partial charge in [0.25, 0.3) is 11.7 Å². The lowest BCUT2D eigenvalue weighted by Crippen LogP contribution is -2.32. The molecule has 0 spiro atoms. The Hall–Kier alpha value is -3.32. The number of Topliss-reactive ketones (excluding diaryl/α,β-unsaturated/α-hetero) is 1. The highest BCUT2D eigenvalue weighted by Crippen LogP contribution is 2.41. The van der Waals surface area contributed by atoms with Gasteiger partial charge in [0, 0.05) is 25.6 Å². The van der Waals surface area contributed by atoms with Crippen molar-refractivity contribution in [3.05, 3.63) is 64.7 Å². The number of ketones is 1. The molecule has 0 aromatic heterocycles. The number of ether oxygens (including phenoxy) is 2. The second-order valence-corrected chi connectivity index (χ2v) is 7.54. The van der Waals surface area contributed by atoms with Gasteiger partial charge in [0.15, 0.2) is 0 Å². The molecule has 2 heterocycles. The molecule has 4 rings (SSSR count). The third-order valence-electron chi connectivity index (χ3n) is 5.43. The normalized spacial score (nSPS) is 22.3. The van der Waals surface area contributed by atoms with Crippen molar-refractivity contribution < 1.29 is 29.3 Å². The number of rotatable bonds is 5. The van der Waals surface area contributed by atoms with Crippen LogP contribution in [0, 0.1) is 0 Å². The Balaban J connectivity index is 1.83. The summed E-state index contributed by atoms with van der Waals surface area (Å²) in [5.74, 6) is -0.955. The highest BCUT2D eigenvalue weighted by molar-refractivity contribution is 6.46. The minimum absolute atomic E-state index is 0.00591. The van der Waals surface area contributed by atoms with E-state index in [1.165, 1.54) is 24.1 Å². The van der Waals surface area contributed by atoms with E-state index in [2.05, 4.69) is 0 Å². The SMILES string of the molecule is COCCN1C(=O)C(=O)/C(=C(/O)c2ccc3c(c2)CC(C)O3)C1c1cccc(O)c1. The molecule has 0 saturated carbocycles. The Morgan fingerprint density at radius 3 is 2.77 bits per heavy atom. The molecule has 2 aliphatic heterocycles. The van der Waals surface area contributed by atoms with Crippen LogP contribution in [0.2, 0.25) is 0 Å². The van der Waals surface area contributed by atoms with Gasteiger partial charge in [-0.3, -0.25) is 9.59 Å². The molecule has 30 heavy (non-hydrogen) atoms. The second-order valence-electron chi connectivity index (χ2n) is 7.54. The highest BCUT2D eigenvalue weighted by atomic mass is 16.5. The maximum atomic E-state index is 12.9. The summed E-state index contributed by atoms with van der Waals surface area (Å²) < 4.78 is 10.8. The number of phenols is 1. The number of fused-ring (bicyclic) bond motifs is 1. The molecule has 156 valence electrons. The zero-order valence-corrected chi connectivity index (χ0v) is 16.8. The summed E-state index contributed by atoms with van der Waals surface area (Å²) in [5, 5.41) is 21.0. The third-order valence-corrected chi connectivity index (χ3v) is 5.43. The minimum atomic E-state index is -0.823. The van der Waals surface area contributed by atoms with Gasteiger partial charge in [0.05, 0.1) is 18.2 Å². The van der Waals surface area contributed by atoms with E-state index in [4.69, 9.17) is 9.47 Å². The Kier molecular flexibility index (Phi) is 5.22. The predicted octanol–water partition coefficient (Wildman–Crippen LogP) is 2.78. The standard InChI is InChI=1S/C23H23NO6/c1-13-10-16-11-15(6-7-18(16)30-13)21(26)19-20(14-4-3-5-17(25)12-14)24(8-9-29-2)23(28)22(19)27/h3-7,11-13,20,25-26H,8-10H2,1-2H3/b21-19+. The van der Waals surface area contributed by atoms with Crippen LogP contribution in [0.1, 0.15) is 29.7 Å². The van der Waals surface area contributed by atoms with Crippen LogP contribution in [0.4, 0.5) is 0 Å². The smallest absolute Gasteiger partial charge is 0.295 e. The molecule has 2 unspecified atom stereocenters. The van der Waals surface area contributed by atoms with Crippen molar-refractivity contribution in [2.24, 2.45) is 0 Å². The Labute approximate surface area is 174 Å². The molecule has 1 fully saturated rings. The van der Waals surface area contributed by atoms with E-state index in [1.807, 2.05) is 6.92 Å². The zero-order valence-electron chi connectivity index (χ0n) is 16.8. The quantitative estimate of drug-likeness (QED) is 0.448. The molecule has 2 aromatic rings. The van der Waals surface area contributed by atoms with E-state index >= 15 is 0 Å². The fourth-order valence-corrected chi connectivity index (χ4v) is 4.07. The number of likely N-dealkylation sites (tertiary alicyclic amines) is 1. The van der Waals surface area contributed by atoms with Gasteiger partial charge in [-0.1, -0.05) is 12.1 Å². The average molecular weight is 409 g/mol. The van der Waals surface area contributed by atoms with Gasteiger partial charge in [0.2, 0.25) is 0 Å². The van der Waals surface area contributed by atoms with Gasteiger partial charge in [-0.25, -0.2) is 0 Å². The molecule has 2 aromatic carbocycles. The number of aliphatic hydroxyl groups is 1. The van der Waals surface area contributed by atoms with Crippen LogP contribution in [-0.4, -0.2) is 53.2 Å². The molecular weight excluding hydrogens is 386 g/mol. The summed E-state index contributed by atoms with van der Waals surface area (Å²) in [7, 11) is 1.51. The maximum Gasteiger partial charge on any atom is 0.295 e. The van der Waals surface area contributed by atoms with Crippen LogP contribution in [0.3, 0.4) is 0 Å². The predicted molar refractivity (Wildman–Crippen MR) is 109 cm³/mol. The molecule has 7 heteroatoms. The molecular formula is C23H23NO6. The number of carbonyl (C=O) groups excluding carboxylic acids is 2. The first-order valence-electron chi connectivity index (χ1n) is 9.77. The summed E-state index contributed by atoms with van der Waals surface area (Å²) in [5.41, 5.74) is 1.91. The Morgan fingerprint density at radius 1 is 1.23 bits per heavy atom. The molecule has 0 aliphatic carbocycles. The van der Waals surface area contributed by atoms with E-state index in [1.54, 1.807) is 30.3 Å².